The number of benzene rings is 2. The van der Waals surface area contributed by atoms with Crippen molar-refractivity contribution in [2.24, 2.45) is 0 Å². The second-order valence-electron chi connectivity index (χ2n) is 5.82. The largest absolute Gasteiger partial charge is 0.493 e. The molecule has 2 amide bonds. The molecule has 0 aliphatic carbocycles. The highest BCUT2D eigenvalue weighted by Gasteiger charge is 2.28. The number of anilines is 1. The highest BCUT2D eigenvalue weighted by atomic mass is 19.3. The van der Waals surface area contributed by atoms with Crippen molar-refractivity contribution in [2.45, 2.75) is 12.3 Å². The summed E-state index contributed by atoms with van der Waals surface area (Å²) in [5.74, 6) is -2.45. The molecule has 7 heteroatoms. The summed E-state index contributed by atoms with van der Waals surface area (Å²) in [6.45, 7) is -1.57. The average Bonchev–Trinajstić information content (AvgIpc) is 3.08. The summed E-state index contributed by atoms with van der Waals surface area (Å²) < 4.78 is 31.4. The van der Waals surface area contributed by atoms with Gasteiger partial charge in [-0.2, -0.15) is 0 Å². The number of aliphatic hydroxyl groups excluding tert-OH is 1. The number of amides is 2. The summed E-state index contributed by atoms with van der Waals surface area (Å²) in [7, 11) is 0. The molecule has 1 aliphatic rings. The van der Waals surface area contributed by atoms with Crippen molar-refractivity contribution >= 4 is 11.7 Å². The van der Waals surface area contributed by atoms with E-state index in [2.05, 4.69) is 5.32 Å². The topological polar surface area (TPSA) is 70.6 Å². The molecular formula is C18H18F2N2O3. The number of hydrogen-bond acceptors (Lipinski definition) is 3. The third-order valence-corrected chi connectivity index (χ3v) is 3.88. The molecular weight excluding hydrogens is 330 g/mol. The van der Waals surface area contributed by atoms with E-state index in [1.165, 1.54) is 0 Å². The van der Waals surface area contributed by atoms with Crippen molar-refractivity contribution in [3.05, 3.63) is 48.0 Å². The number of ether oxygens (including phenoxy) is 1. The lowest BCUT2D eigenvalue weighted by Gasteiger charge is -2.14. The molecule has 5 nitrogen and oxygen atoms in total. The van der Waals surface area contributed by atoms with E-state index >= 15 is 0 Å². The summed E-state index contributed by atoms with van der Waals surface area (Å²) in [6, 6.07) is 12.3. The van der Waals surface area contributed by atoms with E-state index in [0.29, 0.717) is 12.3 Å². The standard InChI is InChI=1S/C18H18F2N2O3/c19-18(20,11-23)10-21-17(24)22-15-3-1-2-12(9-15)13-4-5-16-14(8-13)6-7-25-16/h1-5,8-9,23H,6-7,10-11H2,(H2,21,22,24). The molecule has 0 saturated carbocycles. The van der Waals surface area contributed by atoms with Crippen LogP contribution in [0.15, 0.2) is 42.5 Å². The van der Waals surface area contributed by atoms with Gasteiger partial charge in [0.2, 0.25) is 0 Å². The minimum atomic E-state index is -3.34. The van der Waals surface area contributed by atoms with Gasteiger partial charge >= 0.3 is 6.03 Å². The van der Waals surface area contributed by atoms with Gasteiger partial charge in [-0.15, -0.1) is 0 Å². The molecule has 3 rings (SSSR count). The summed E-state index contributed by atoms with van der Waals surface area (Å²) in [6.07, 6.45) is 0.864. The van der Waals surface area contributed by atoms with Crippen LogP contribution in [0.2, 0.25) is 0 Å². The molecule has 0 aromatic heterocycles. The van der Waals surface area contributed by atoms with E-state index in [4.69, 9.17) is 9.84 Å². The molecule has 1 heterocycles. The molecule has 25 heavy (non-hydrogen) atoms. The van der Waals surface area contributed by atoms with Crippen LogP contribution >= 0.6 is 0 Å². The summed E-state index contributed by atoms with van der Waals surface area (Å²) in [5, 5.41) is 13.0. The second-order valence-corrected chi connectivity index (χ2v) is 5.82. The third-order valence-electron chi connectivity index (χ3n) is 3.88. The van der Waals surface area contributed by atoms with E-state index in [9.17, 15) is 13.6 Å². The van der Waals surface area contributed by atoms with E-state index in [-0.39, 0.29) is 0 Å². The molecule has 0 bridgehead atoms. The normalized spacial score (nSPS) is 13.1. The fourth-order valence-electron chi connectivity index (χ4n) is 2.58. The zero-order valence-electron chi connectivity index (χ0n) is 13.4. The lowest BCUT2D eigenvalue weighted by Crippen LogP contribution is -2.40. The molecule has 0 spiro atoms. The fraction of sp³-hybridized carbons (Fsp3) is 0.278. The van der Waals surface area contributed by atoms with Crippen molar-refractivity contribution in [3.8, 4) is 16.9 Å². The first-order chi connectivity index (χ1) is 12.0. The van der Waals surface area contributed by atoms with Crippen LogP contribution in [0.25, 0.3) is 11.1 Å². The zero-order chi connectivity index (χ0) is 17.9. The Morgan fingerprint density at radius 3 is 2.80 bits per heavy atom. The Morgan fingerprint density at radius 2 is 2.00 bits per heavy atom. The summed E-state index contributed by atoms with van der Waals surface area (Å²) in [4.78, 5) is 11.7. The highest BCUT2D eigenvalue weighted by Crippen LogP contribution is 2.31. The number of hydrogen-bond donors (Lipinski definition) is 3. The number of fused-ring (bicyclic) bond motifs is 1. The van der Waals surface area contributed by atoms with Crippen molar-refractivity contribution in [2.75, 3.05) is 25.1 Å². The molecule has 0 saturated heterocycles. The van der Waals surface area contributed by atoms with E-state index < -0.39 is 25.1 Å². The minimum Gasteiger partial charge on any atom is -0.493 e. The van der Waals surface area contributed by atoms with Gasteiger partial charge in [0.1, 0.15) is 12.4 Å². The molecule has 3 N–H and O–H groups in total. The SMILES string of the molecule is O=C(NCC(F)(F)CO)Nc1cccc(-c2ccc3c(c2)CCO3)c1. The van der Waals surface area contributed by atoms with Crippen molar-refractivity contribution in [1.82, 2.24) is 5.32 Å². The number of carbonyl (C=O) groups is 1. The predicted octanol–water partition coefficient (Wildman–Crippen LogP) is 3.04. The quantitative estimate of drug-likeness (QED) is 0.778. The Kier molecular flexibility index (Phi) is 4.85. The van der Waals surface area contributed by atoms with E-state index in [1.807, 2.05) is 29.6 Å². The Bertz CT molecular complexity index is 781. The van der Waals surface area contributed by atoms with Crippen LogP contribution in [0, 0.1) is 0 Å². The molecule has 132 valence electrons. The first-order valence-corrected chi connectivity index (χ1v) is 7.86. The molecule has 0 atom stereocenters. The number of aliphatic hydroxyl groups is 1. The number of urea groups is 1. The number of nitrogens with one attached hydrogen (secondary N) is 2. The first-order valence-electron chi connectivity index (χ1n) is 7.86. The van der Waals surface area contributed by atoms with Crippen LogP contribution in [0.5, 0.6) is 5.75 Å². The van der Waals surface area contributed by atoms with Crippen molar-refractivity contribution in [1.29, 1.82) is 0 Å². The lowest BCUT2D eigenvalue weighted by molar-refractivity contribution is -0.0451. The van der Waals surface area contributed by atoms with Crippen LogP contribution in [0.3, 0.4) is 0 Å². The van der Waals surface area contributed by atoms with Gasteiger partial charge in [-0.1, -0.05) is 18.2 Å². The molecule has 0 fully saturated rings. The van der Waals surface area contributed by atoms with Crippen LogP contribution < -0.4 is 15.4 Å². The van der Waals surface area contributed by atoms with E-state index in [1.54, 1.807) is 18.2 Å². The van der Waals surface area contributed by atoms with Crippen LogP contribution in [-0.4, -0.2) is 36.8 Å². The predicted molar refractivity (Wildman–Crippen MR) is 90.1 cm³/mol. The highest BCUT2D eigenvalue weighted by molar-refractivity contribution is 5.90. The van der Waals surface area contributed by atoms with Gasteiger partial charge in [0.25, 0.3) is 5.92 Å². The first kappa shape index (κ1) is 17.2. The maximum Gasteiger partial charge on any atom is 0.319 e. The monoisotopic (exact) mass is 348 g/mol. The zero-order valence-corrected chi connectivity index (χ0v) is 13.4. The Hall–Kier alpha value is -2.67. The molecule has 2 aromatic carbocycles. The van der Waals surface area contributed by atoms with Gasteiger partial charge in [0.05, 0.1) is 13.2 Å². The van der Waals surface area contributed by atoms with Crippen LogP contribution in [0.4, 0.5) is 19.3 Å². The maximum absolute atomic E-state index is 12.9. The fourth-order valence-corrected chi connectivity index (χ4v) is 2.58. The summed E-state index contributed by atoms with van der Waals surface area (Å²) >= 11 is 0. The summed E-state index contributed by atoms with van der Waals surface area (Å²) in [5.41, 5.74) is 3.51. The Labute approximate surface area is 143 Å². The lowest BCUT2D eigenvalue weighted by atomic mass is 10.0. The van der Waals surface area contributed by atoms with Gasteiger partial charge < -0.3 is 20.5 Å². The maximum atomic E-state index is 12.9. The third kappa shape index (κ3) is 4.24. The Morgan fingerprint density at radius 1 is 1.20 bits per heavy atom. The molecule has 0 radical (unpaired) electrons. The van der Waals surface area contributed by atoms with E-state index in [0.717, 1.165) is 28.9 Å². The van der Waals surface area contributed by atoms with Crippen molar-refractivity contribution < 1.29 is 23.4 Å². The van der Waals surface area contributed by atoms with Crippen LogP contribution in [-0.2, 0) is 6.42 Å². The smallest absolute Gasteiger partial charge is 0.319 e. The van der Waals surface area contributed by atoms with Gasteiger partial charge in [-0.3, -0.25) is 0 Å². The molecule has 0 unspecified atom stereocenters. The van der Waals surface area contributed by atoms with Gasteiger partial charge in [-0.05, 0) is 41.0 Å². The van der Waals surface area contributed by atoms with Crippen molar-refractivity contribution in [3.63, 3.8) is 0 Å². The van der Waals surface area contributed by atoms with Crippen LogP contribution in [0.1, 0.15) is 5.56 Å². The van der Waals surface area contributed by atoms with Gasteiger partial charge in [-0.25, -0.2) is 13.6 Å². The van der Waals surface area contributed by atoms with Gasteiger partial charge in [0, 0.05) is 12.1 Å². The minimum absolute atomic E-state index is 0.485. The molecule has 2 aromatic rings. The molecule has 1 aliphatic heterocycles. The number of halogens is 2. The number of alkyl halides is 2. The number of carbonyl (C=O) groups excluding carboxylic acids is 1. The average molecular weight is 348 g/mol. The second kappa shape index (κ2) is 7.06. The number of rotatable bonds is 5. The Balaban J connectivity index is 1.68. The van der Waals surface area contributed by atoms with Gasteiger partial charge in [0.15, 0.2) is 0 Å².